The second-order valence-corrected chi connectivity index (χ2v) is 7.27. The molecule has 0 aliphatic carbocycles. The van der Waals surface area contributed by atoms with Crippen LogP contribution in [0.3, 0.4) is 0 Å². The average Bonchev–Trinajstić information content (AvgIpc) is 3.19. The molecule has 1 unspecified atom stereocenters. The summed E-state index contributed by atoms with van der Waals surface area (Å²) in [6.45, 7) is 2.60. The number of halogens is 1. The SMILES string of the molecule is CC[C@@H](O)C(C)[C@H](OCc1ccccc1)[C@](O)(CF)c1ccc2c(N)ncnn12. The van der Waals surface area contributed by atoms with Gasteiger partial charge in [-0.3, -0.25) is 0 Å². The van der Waals surface area contributed by atoms with Gasteiger partial charge >= 0.3 is 0 Å². The maximum Gasteiger partial charge on any atom is 0.161 e. The fourth-order valence-electron chi connectivity index (χ4n) is 3.63. The average molecular weight is 402 g/mol. The summed E-state index contributed by atoms with van der Waals surface area (Å²) in [6.07, 6.45) is -0.121. The number of nitrogens with zero attached hydrogens (tertiary/aromatic N) is 3. The first-order valence-corrected chi connectivity index (χ1v) is 9.63. The number of nitrogen functional groups attached to an aromatic ring is 1. The van der Waals surface area contributed by atoms with Gasteiger partial charge in [-0.2, -0.15) is 5.10 Å². The number of rotatable bonds is 9. The van der Waals surface area contributed by atoms with Crippen molar-refractivity contribution < 1.29 is 19.3 Å². The summed E-state index contributed by atoms with van der Waals surface area (Å²) >= 11 is 0. The number of ether oxygens (including phenoxy) is 1. The van der Waals surface area contributed by atoms with E-state index in [1.54, 1.807) is 19.1 Å². The quantitative estimate of drug-likeness (QED) is 0.508. The molecule has 2 heterocycles. The van der Waals surface area contributed by atoms with Gasteiger partial charge in [0.25, 0.3) is 0 Å². The zero-order chi connectivity index (χ0) is 21.0. The number of alkyl halides is 1. The van der Waals surface area contributed by atoms with Gasteiger partial charge in [-0.15, -0.1) is 0 Å². The summed E-state index contributed by atoms with van der Waals surface area (Å²) in [7, 11) is 0. The lowest BCUT2D eigenvalue weighted by Gasteiger charge is -2.38. The number of fused-ring (bicyclic) bond motifs is 1. The third kappa shape index (κ3) is 4.10. The summed E-state index contributed by atoms with van der Waals surface area (Å²) in [4.78, 5) is 3.93. The van der Waals surface area contributed by atoms with Crippen molar-refractivity contribution >= 4 is 11.3 Å². The highest BCUT2D eigenvalue weighted by atomic mass is 19.1. The monoisotopic (exact) mass is 402 g/mol. The summed E-state index contributed by atoms with van der Waals surface area (Å²) in [5, 5.41) is 26.1. The molecule has 0 radical (unpaired) electrons. The molecular weight excluding hydrogens is 375 g/mol. The molecule has 0 fully saturated rings. The molecule has 4 N–H and O–H groups in total. The van der Waals surface area contributed by atoms with Crippen molar-refractivity contribution in [3.63, 3.8) is 0 Å². The molecule has 0 spiro atoms. The number of aliphatic hydroxyl groups is 2. The minimum atomic E-state index is -2.04. The Kier molecular flexibility index (Phi) is 6.46. The second-order valence-electron chi connectivity index (χ2n) is 7.27. The Labute approximate surface area is 169 Å². The highest BCUT2D eigenvalue weighted by Crippen LogP contribution is 2.36. The van der Waals surface area contributed by atoms with Crippen LogP contribution in [0.4, 0.5) is 10.2 Å². The van der Waals surface area contributed by atoms with E-state index in [4.69, 9.17) is 10.5 Å². The van der Waals surface area contributed by atoms with E-state index >= 15 is 0 Å². The minimum Gasteiger partial charge on any atom is -0.393 e. The summed E-state index contributed by atoms with van der Waals surface area (Å²) in [5.74, 6) is -0.329. The molecule has 0 amide bonds. The molecule has 0 aliphatic rings. The van der Waals surface area contributed by atoms with Gasteiger partial charge in [-0.1, -0.05) is 44.2 Å². The lowest BCUT2D eigenvalue weighted by atomic mass is 9.82. The smallest absolute Gasteiger partial charge is 0.161 e. The highest BCUT2D eigenvalue weighted by Gasteiger charge is 2.46. The molecule has 8 heteroatoms. The Morgan fingerprint density at radius 2 is 1.97 bits per heavy atom. The van der Waals surface area contributed by atoms with E-state index in [1.807, 2.05) is 37.3 Å². The van der Waals surface area contributed by atoms with Gasteiger partial charge in [0.15, 0.2) is 11.4 Å². The zero-order valence-electron chi connectivity index (χ0n) is 16.6. The van der Waals surface area contributed by atoms with Gasteiger partial charge in [-0.25, -0.2) is 13.9 Å². The van der Waals surface area contributed by atoms with Gasteiger partial charge in [0.05, 0.1) is 24.5 Å². The van der Waals surface area contributed by atoms with Crippen LogP contribution in [0.25, 0.3) is 5.52 Å². The van der Waals surface area contributed by atoms with Crippen LogP contribution in [0.5, 0.6) is 0 Å². The summed E-state index contributed by atoms with van der Waals surface area (Å²) < 4.78 is 21.8. The Morgan fingerprint density at radius 3 is 2.62 bits per heavy atom. The van der Waals surface area contributed by atoms with Gasteiger partial charge in [0, 0.05) is 5.92 Å². The van der Waals surface area contributed by atoms with E-state index in [0.717, 1.165) is 5.56 Å². The van der Waals surface area contributed by atoms with Crippen LogP contribution in [0.15, 0.2) is 48.8 Å². The van der Waals surface area contributed by atoms with Crippen molar-refractivity contribution in [1.29, 1.82) is 0 Å². The van der Waals surface area contributed by atoms with Crippen molar-refractivity contribution in [2.75, 3.05) is 12.4 Å². The van der Waals surface area contributed by atoms with Gasteiger partial charge in [0.1, 0.15) is 18.5 Å². The van der Waals surface area contributed by atoms with E-state index in [1.165, 1.54) is 10.8 Å². The van der Waals surface area contributed by atoms with Crippen LogP contribution in [0.2, 0.25) is 0 Å². The third-order valence-corrected chi connectivity index (χ3v) is 5.37. The molecule has 0 bridgehead atoms. The lowest BCUT2D eigenvalue weighted by Crippen LogP contribution is -2.50. The molecule has 156 valence electrons. The molecular formula is C21H27FN4O3. The number of nitrogens with two attached hydrogens (primary N) is 1. The standard InChI is InChI=1S/C21H27FN4O3/c1-3-17(27)14(2)19(29-11-15-7-5-4-6-8-15)21(28,12-22)18-10-9-16-20(23)24-13-25-26(16)18/h4-10,13-14,17,19,27-28H,3,11-12H2,1-2H3,(H2,23,24,25)/t14?,17-,19+,21+/m1/s1. The Morgan fingerprint density at radius 1 is 1.24 bits per heavy atom. The largest absolute Gasteiger partial charge is 0.393 e. The molecule has 3 aromatic rings. The summed E-state index contributed by atoms with van der Waals surface area (Å²) in [6, 6.07) is 12.6. The fraction of sp³-hybridized carbons (Fsp3) is 0.429. The third-order valence-electron chi connectivity index (χ3n) is 5.37. The number of aromatic nitrogens is 3. The highest BCUT2D eigenvalue weighted by molar-refractivity contribution is 5.65. The predicted molar refractivity (Wildman–Crippen MR) is 108 cm³/mol. The zero-order valence-corrected chi connectivity index (χ0v) is 16.6. The van der Waals surface area contributed by atoms with E-state index in [-0.39, 0.29) is 18.1 Å². The topological polar surface area (TPSA) is 106 Å². The number of benzene rings is 1. The van der Waals surface area contributed by atoms with Crippen LogP contribution in [0.1, 0.15) is 31.5 Å². The minimum absolute atomic E-state index is 0.162. The Hall–Kier alpha value is -2.55. The number of hydrogen-bond donors (Lipinski definition) is 3. The molecule has 3 rings (SSSR count). The van der Waals surface area contributed by atoms with Crippen LogP contribution in [0, 0.1) is 5.92 Å². The summed E-state index contributed by atoms with van der Waals surface area (Å²) in [5.41, 5.74) is 5.36. The lowest BCUT2D eigenvalue weighted by molar-refractivity contribution is -0.169. The fourth-order valence-corrected chi connectivity index (χ4v) is 3.63. The molecule has 0 aliphatic heterocycles. The molecule has 2 aromatic heterocycles. The molecule has 0 saturated heterocycles. The van der Waals surface area contributed by atoms with Crippen LogP contribution < -0.4 is 5.73 Å². The Balaban J connectivity index is 2.03. The van der Waals surface area contributed by atoms with Gasteiger partial charge in [0.2, 0.25) is 0 Å². The van der Waals surface area contributed by atoms with E-state index in [0.29, 0.717) is 11.9 Å². The first-order chi connectivity index (χ1) is 13.9. The van der Waals surface area contributed by atoms with Crippen molar-refractivity contribution in [3.8, 4) is 0 Å². The molecule has 29 heavy (non-hydrogen) atoms. The van der Waals surface area contributed by atoms with Gasteiger partial charge in [-0.05, 0) is 24.1 Å². The van der Waals surface area contributed by atoms with Crippen molar-refractivity contribution in [2.45, 2.75) is 44.7 Å². The first-order valence-electron chi connectivity index (χ1n) is 9.63. The number of anilines is 1. The van der Waals surface area contributed by atoms with E-state index in [2.05, 4.69) is 10.1 Å². The number of hydrogen-bond acceptors (Lipinski definition) is 6. The normalized spacial score (nSPS) is 17.0. The predicted octanol–water partition coefficient (Wildman–Crippen LogP) is 2.46. The van der Waals surface area contributed by atoms with Crippen LogP contribution in [-0.4, -0.2) is 43.7 Å². The van der Waals surface area contributed by atoms with Gasteiger partial charge < -0.3 is 20.7 Å². The van der Waals surface area contributed by atoms with E-state index < -0.39 is 30.4 Å². The van der Waals surface area contributed by atoms with Crippen LogP contribution >= 0.6 is 0 Å². The molecule has 7 nitrogen and oxygen atoms in total. The molecule has 1 aromatic carbocycles. The maximum atomic E-state index is 14.4. The maximum absolute atomic E-state index is 14.4. The van der Waals surface area contributed by atoms with Crippen molar-refractivity contribution in [2.24, 2.45) is 5.92 Å². The molecule has 0 saturated carbocycles. The van der Waals surface area contributed by atoms with Crippen LogP contribution in [-0.2, 0) is 16.9 Å². The molecule has 4 atom stereocenters. The number of aliphatic hydroxyl groups excluding tert-OH is 1. The van der Waals surface area contributed by atoms with Crippen molar-refractivity contribution in [1.82, 2.24) is 14.6 Å². The first kappa shape index (κ1) is 21.2. The second kappa shape index (κ2) is 8.86. The van der Waals surface area contributed by atoms with Crippen molar-refractivity contribution in [3.05, 3.63) is 60.0 Å². The Bertz CT molecular complexity index is 936. The van der Waals surface area contributed by atoms with E-state index in [9.17, 15) is 14.6 Å².